The molecule has 2 aliphatic rings. The Labute approximate surface area is 149 Å². The summed E-state index contributed by atoms with van der Waals surface area (Å²) in [4.78, 5) is 14.6. The van der Waals surface area contributed by atoms with Gasteiger partial charge in [0, 0.05) is 44.3 Å². The number of ether oxygens (including phenoxy) is 1. The summed E-state index contributed by atoms with van der Waals surface area (Å²) in [6.45, 7) is 5.01. The van der Waals surface area contributed by atoms with Gasteiger partial charge in [-0.3, -0.25) is 4.79 Å². The van der Waals surface area contributed by atoms with Crippen LogP contribution in [0.2, 0.25) is 0 Å². The number of carbonyl (C=O) groups excluding carboxylic acids is 1. The molecular formula is C17H25N3O4S. The molecule has 1 unspecified atom stereocenters. The largest absolute Gasteiger partial charge is 0.495 e. The molecule has 0 saturated carbocycles. The van der Waals surface area contributed by atoms with Crippen molar-refractivity contribution in [1.82, 2.24) is 14.5 Å². The number of sulfonamides is 1. The van der Waals surface area contributed by atoms with E-state index in [2.05, 4.69) is 5.32 Å². The third kappa shape index (κ3) is 3.65. The first-order valence-electron chi connectivity index (χ1n) is 8.64. The van der Waals surface area contributed by atoms with E-state index in [-0.39, 0.29) is 22.6 Å². The second-order valence-corrected chi connectivity index (χ2v) is 8.49. The molecular weight excluding hydrogens is 342 g/mol. The zero-order valence-corrected chi connectivity index (χ0v) is 15.5. The van der Waals surface area contributed by atoms with Crippen molar-refractivity contribution in [2.75, 3.05) is 39.8 Å². The molecule has 0 bridgehead atoms. The molecule has 8 heteroatoms. The Hall–Kier alpha value is -1.64. The molecule has 7 nitrogen and oxygen atoms in total. The minimum atomic E-state index is -3.65. The first kappa shape index (κ1) is 18.2. The zero-order valence-electron chi connectivity index (χ0n) is 14.7. The molecule has 0 aromatic heterocycles. The van der Waals surface area contributed by atoms with Crippen LogP contribution in [0.4, 0.5) is 0 Å². The van der Waals surface area contributed by atoms with E-state index in [1.165, 1.54) is 17.5 Å². The molecule has 2 saturated heterocycles. The number of hydrogen-bond acceptors (Lipinski definition) is 5. The lowest BCUT2D eigenvalue weighted by atomic mass is 10.1. The van der Waals surface area contributed by atoms with Crippen molar-refractivity contribution >= 4 is 15.9 Å². The molecule has 1 atom stereocenters. The summed E-state index contributed by atoms with van der Waals surface area (Å²) in [7, 11) is -2.21. The number of methoxy groups -OCH3 is 1. The van der Waals surface area contributed by atoms with Crippen LogP contribution in [0.15, 0.2) is 23.1 Å². The van der Waals surface area contributed by atoms with E-state index < -0.39 is 10.0 Å². The van der Waals surface area contributed by atoms with Crippen molar-refractivity contribution in [3.63, 3.8) is 0 Å². The first-order chi connectivity index (χ1) is 11.9. The molecule has 1 aromatic rings. The van der Waals surface area contributed by atoms with Gasteiger partial charge in [0.05, 0.1) is 7.11 Å². The fourth-order valence-electron chi connectivity index (χ4n) is 3.38. The second-order valence-electron chi connectivity index (χ2n) is 6.58. The van der Waals surface area contributed by atoms with Gasteiger partial charge in [0.1, 0.15) is 10.6 Å². The van der Waals surface area contributed by atoms with Crippen LogP contribution in [0.5, 0.6) is 5.75 Å². The number of hydrogen-bond donors (Lipinski definition) is 1. The molecule has 3 rings (SSSR count). The number of carbonyl (C=O) groups is 1. The Morgan fingerprint density at radius 3 is 2.60 bits per heavy atom. The van der Waals surface area contributed by atoms with Crippen molar-refractivity contribution in [3.8, 4) is 5.75 Å². The van der Waals surface area contributed by atoms with Crippen LogP contribution in [0.25, 0.3) is 0 Å². The van der Waals surface area contributed by atoms with Gasteiger partial charge in [-0.25, -0.2) is 8.42 Å². The molecule has 0 spiro atoms. The predicted octanol–water partition coefficient (Wildman–Crippen LogP) is 0.914. The maximum Gasteiger partial charge on any atom is 0.253 e. The van der Waals surface area contributed by atoms with Gasteiger partial charge in [-0.1, -0.05) is 0 Å². The van der Waals surface area contributed by atoms with Crippen LogP contribution in [0, 0.1) is 0 Å². The van der Waals surface area contributed by atoms with Gasteiger partial charge in [-0.2, -0.15) is 4.31 Å². The molecule has 2 aliphatic heterocycles. The second kappa shape index (κ2) is 7.31. The summed E-state index contributed by atoms with van der Waals surface area (Å²) in [5.41, 5.74) is 0.382. The van der Waals surface area contributed by atoms with Gasteiger partial charge in [0.2, 0.25) is 10.0 Å². The fraction of sp³-hybridized carbons (Fsp3) is 0.588. The van der Waals surface area contributed by atoms with E-state index in [4.69, 9.17) is 4.74 Å². The number of rotatable bonds is 4. The molecule has 1 aromatic carbocycles. The Balaban J connectivity index is 1.93. The van der Waals surface area contributed by atoms with Gasteiger partial charge in [0.15, 0.2) is 0 Å². The molecule has 138 valence electrons. The quantitative estimate of drug-likeness (QED) is 0.856. The average Bonchev–Trinajstić information content (AvgIpc) is 3.16. The highest BCUT2D eigenvalue weighted by Gasteiger charge is 2.31. The minimum absolute atomic E-state index is 0.0749. The summed E-state index contributed by atoms with van der Waals surface area (Å²) in [6.07, 6.45) is 1.72. The number of nitrogens with one attached hydrogen (secondary N) is 1. The van der Waals surface area contributed by atoms with Crippen LogP contribution in [-0.2, 0) is 10.0 Å². The smallest absolute Gasteiger partial charge is 0.253 e. The number of piperazine rings is 1. The van der Waals surface area contributed by atoms with Gasteiger partial charge in [-0.15, -0.1) is 0 Å². The zero-order chi connectivity index (χ0) is 18.0. The lowest BCUT2D eigenvalue weighted by Crippen LogP contribution is -2.51. The molecule has 2 heterocycles. The van der Waals surface area contributed by atoms with Crippen molar-refractivity contribution in [2.45, 2.75) is 30.7 Å². The van der Waals surface area contributed by atoms with Crippen LogP contribution >= 0.6 is 0 Å². The highest BCUT2D eigenvalue weighted by atomic mass is 32.2. The third-order valence-corrected chi connectivity index (χ3v) is 6.67. The SMILES string of the molecule is COc1ccc(C(=O)N2CCNC(C)C2)cc1S(=O)(=O)N1CCCC1. The van der Waals surface area contributed by atoms with E-state index in [1.54, 1.807) is 17.0 Å². The van der Waals surface area contributed by atoms with Crippen molar-refractivity contribution in [1.29, 1.82) is 0 Å². The number of amides is 1. The summed E-state index contributed by atoms with van der Waals surface area (Å²) < 4.78 is 32.6. The Morgan fingerprint density at radius 2 is 1.96 bits per heavy atom. The Morgan fingerprint density at radius 1 is 1.24 bits per heavy atom. The van der Waals surface area contributed by atoms with Crippen molar-refractivity contribution in [2.24, 2.45) is 0 Å². The Bertz CT molecular complexity index is 744. The number of benzene rings is 1. The van der Waals surface area contributed by atoms with E-state index in [0.717, 1.165) is 19.4 Å². The lowest BCUT2D eigenvalue weighted by molar-refractivity contribution is 0.0709. The van der Waals surface area contributed by atoms with Crippen LogP contribution in [-0.4, -0.2) is 69.4 Å². The molecule has 0 aliphatic carbocycles. The average molecular weight is 367 g/mol. The number of nitrogens with zero attached hydrogens (tertiary/aromatic N) is 2. The lowest BCUT2D eigenvalue weighted by Gasteiger charge is -2.32. The van der Waals surface area contributed by atoms with Gasteiger partial charge in [0.25, 0.3) is 5.91 Å². The Kier molecular flexibility index (Phi) is 5.31. The first-order valence-corrected chi connectivity index (χ1v) is 10.1. The van der Waals surface area contributed by atoms with Crippen LogP contribution < -0.4 is 10.1 Å². The maximum atomic E-state index is 12.9. The molecule has 1 amide bonds. The van der Waals surface area contributed by atoms with Crippen molar-refractivity contribution < 1.29 is 17.9 Å². The summed E-state index contributed by atoms with van der Waals surface area (Å²) in [5, 5.41) is 3.29. The normalized spacial score (nSPS) is 22.2. The van der Waals surface area contributed by atoms with Gasteiger partial charge < -0.3 is 15.0 Å². The standard InChI is InChI=1S/C17H25N3O4S/c1-13-12-19(10-7-18-13)17(21)14-5-6-15(24-2)16(11-14)25(22,23)20-8-3-4-9-20/h5-6,11,13,18H,3-4,7-10,12H2,1-2H3. The predicted molar refractivity (Wildman–Crippen MR) is 94.4 cm³/mol. The van der Waals surface area contributed by atoms with E-state index in [0.29, 0.717) is 31.7 Å². The van der Waals surface area contributed by atoms with E-state index >= 15 is 0 Å². The highest BCUT2D eigenvalue weighted by Crippen LogP contribution is 2.30. The highest BCUT2D eigenvalue weighted by molar-refractivity contribution is 7.89. The molecule has 2 fully saturated rings. The molecule has 1 N–H and O–H groups in total. The van der Waals surface area contributed by atoms with Crippen molar-refractivity contribution in [3.05, 3.63) is 23.8 Å². The van der Waals surface area contributed by atoms with Crippen LogP contribution in [0.3, 0.4) is 0 Å². The van der Waals surface area contributed by atoms with E-state index in [9.17, 15) is 13.2 Å². The fourth-order valence-corrected chi connectivity index (χ4v) is 5.08. The van der Waals surface area contributed by atoms with E-state index in [1.807, 2.05) is 6.92 Å². The third-order valence-electron chi connectivity index (χ3n) is 4.75. The molecule has 25 heavy (non-hydrogen) atoms. The maximum absolute atomic E-state index is 12.9. The van der Waals surface area contributed by atoms with Gasteiger partial charge in [-0.05, 0) is 38.0 Å². The summed E-state index contributed by atoms with van der Waals surface area (Å²) in [6, 6.07) is 4.89. The monoisotopic (exact) mass is 367 g/mol. The minimum Gasteiger partial charge on any atom is -0.495 e. The summed E-state index contributed by atoms with van der Waals surface area (Å²) >= 11 is 0. The van der Waals surface area contributed by atoms with Crippen LogP contribution in [0.1, 0.15) is 30.1 Å². The van der Waals surface area contributed by atoms with Gasteiger partial charge >= 0.3 is 0 Å². The summed E-state index contributed by atoms with van der Waals surface area (Å²) in [5.74, 6) is 0.131. The topological polar surface area (TPSA) is 79.0 Å². The molecule has 0 radical (unpaired) electrons.